The molecule has 0 spiro atoms. The molecule has 2 aromatic rings. The van der Waals surface area contributed by atoms with E-state index in [0.29, 0.717) is 17.7 Å². The van der Waals surface area contributed by atoms with Crippen LogP contribution in [0.15, 0.2) is 36.4 Å². The molecule has 0 aliphatic rings. The first-order valence-electron chi connectivity index (χ1n) is 8.90. The first kappa shape index (κ1) is 20.2. The number of nitrogens with one attached hydrogen (secondary N) is 2. The van der Waals surface area contributed by atoms with Gasteiger partial charge in [-0.15, -0.1) is 0 Å². The average Bonchev–Trinajstić information content (AvgIpc) is 2.94. The van der Waals surface area contributed by atoms with Gasteiger partial charge in [0.25, 0.3) is 5.91 Å². The van der Waals surface area contributed by atoms with Crippen molar-refractivity contribution < 1.29 is 19.1 Å². The molecule has 144 valence electrons. The number of nitrogens with zero attached hydrogens (tertiary/aromatic N) is 1. The Kier molecular flexibility index (Phi) is 6.76. The minimum Gasteiger partial charge on any atom is -0.444 e. The Morgan fingerprint density at radius 3 is 2.33 bits per heavy atom. The molecule has 0 fully saturated rings. The molecule has 7 heteroatoms. The number of carbonyl (C=O) groups is 3. The second-order valence-electron chi connectivity index (χ2n) is 6.07. The van der Waals surface area contributed by atoms with Crippen LogP contribution in [0.2, 0.25) is 0 Å². The summed E-state index contributed by atoms with van der Waals surface area (Å²) in [5.74, 6) is -1.31. The SMILES string of the molecule is CCNC(=O)NC(=O)[C@H](OC(=O)c1cc(C)n(CC)c1C)c1ccccc1. The van der Waals surface area contributed by atoms with Crippen LogP contribution < -0.4 is 10.6 Å². The quantitative estimate of drug-likeness (QED) is 0.764. The number of aryl methyl sites for hydroxylation is 1. The van der Waals surface area contributed by atoms with Gasteiger partial charge < -0.3 is 14.6 Å². The molecule has 0 aliphatic heterocycles. The number of ether oxygens (including phenoxy) is 1. The molecule has 1 aromatic carbocycles. The van der Waals surface area contributed by atoms with Crippen molar-refractivity contribution in [3.05, 3.63) is 58.9 Å². The minimum absolute atomic E-state index is 0.373. The Balaban J connectivity index is 2.28. The highest BCUT2D eigenvalue weighted by Gasteiger charge is 2.28. The van der Waals surface area contributed by atoms with Crippen LogP contribution in [-0.4, -0.2) is 29.0 Å². The first-order valence-corrected chi connectivity index (χ1v) is 8.90. The molecule has 3 amide bonds. The van der Waals surface area contributed by atoms with E-state index >= 15 is 0 Å². The maximum absolute atomic E-state index is 12.7. The zero-order valence-electron chi connectivity index (χ0n) is 16.0. The van der Waals surface area contributed by atoms with Gasteiger partial charge >= 0.3 is 12.0 Å². The number of hydrogen-bond acceptors (Lipinski definition) is 4. The van der Waals surface area contributed by atoms with Gasteiger partial charge in [0, 0.05) is 30.0 Å². The lowest BCUT2D eigenvalue weighted by Crippen LogP contribution is -2.42. The fraction of sp³-hybridized carbons (Fsp3) is 0.350. The van der Waals surface area contributed by atoms with Crippen molar-refractivity contribution in [3.8, 4) is 0 Å². The summed E-state index contributed by atoms with van der Waals surface area (Å²) in [5.41, 5.74) is 2.60. The Morgan fingerprint density at radius 2 is 1.78 bits per heavy atom. The van der Waals surface area contributed by atoms with E-state index in [1.165, 1.54) is 0 Å². The van der Waals surface area contributed by atoms with Gasteiger partial charge in [0.05, 0.1) is 5.56 Å². The zero-order chi connectivity index (χ0) is 20.0. The maximum atomic E-state index is 12.7. The van der Waals surface area contributed by atoms with Crippen LogP contribution in [0.5, 0.6) is 0 Å². The van der Waals surface area contributed by atoms with Gasteiger partial charge in [0.2, 0.25) is 6.10 Å². The molecule has 7 nitrogen and oxygen atoms in total. The lowest BCUT2D eigenvalue weighted by atomic mass is 10.1. The molecule has 1 atom stereocenters. The lowest BCUT2D eigenvalue weighted by molar-refractivity contribution is -0.129. The molecule has 1 aromatic heterocycles. The average molecular weight is 371 g/mol. The maximum Gasteiger partial charge on any atom is 0.341 e. The lowest BCUT2D eigenvalue weighted by Gasteiger charge is -2.18. The number of benzene rings is 1. The van der Waals surface area contributed by atoms with E-state index in [2.05, 4.69) is 10.6 Å². The molecule has 27 heavy (non-hydrogen) atoms. The van der Waals surface area contributed by atoms with Gasteiger partial charge in [0.15, 0.2) is 0 Å². The second-order valence-corrected chi connectivity index (χ2v) is 6.07. The number of urea groups is 1. The number of imide groups is 1. The van der Waals surface area contributed by atoms with E-state index in [-0.39, 0.29) is 0 Å². The molecule has 0 saturated heterocycles. The third-order valence-corrected chi connectivity index (χ3v) is 4.25. The molecule has 1 heterocycles. The van der Waals surface area contributed by atoms with Crippen molar-refractivity contribution in [2.24, 2.45) is 0 Å². The van der Waals surface area contributed by atoms with Gasteiger partial charge in [-0.3, -0.25) is 10.1 Å². The Hall–Kier alpha value is -3.09. The van der Waals surface area contributed by atoms with E-state index < -0.39 is 24.0 Å². The number of carbonyl (C=O) groups excluding carboxylic acids is 3. The van der Waals surface area contributed by atoms with Crippen molar-refractivity contribution in [2.45, 2.75) is 40.3 Å². The van der Waals surface area contributed by atoms with E-state index in [4.69, 9.17) is 4.74 Å². The normalized spacial score (nSPS) is 11.6. The highest BCUT2D eigenvalue weighted by atomic mass is 16.5. The number of aromatic nitrogens is 1. The zero-order valence-corrected chi connectivity index (χ0v) is 16.0. The molecule has 0 aliphatic carbocycles. The van der Waals surface area contributed by atoms with E-state index in [0.717, 1.165) is 17.9 Å². The summed E-state index contributed by atoms with van der Waals surface area (Å²) in [6.07, 6.45) is -1.23. The van der Waals surface area contributed by atoms with Gasteiger partial charge in [-0.05, 0) is 33.8 Å². The molecular formula is C20H25N3O4. The fourth-order valence-corrected chi connectivity index (χ4v) is 2.95. The van der Waals surface area contributed by atoms with Gasteiger partial charge in [0.1, 0.15) is 0 Å². The standard InChI is InChI=1S/C20H25N3O4/c1-5-21-20(26)22-18(24)17(15-10-8-7-9-11-15)27-19(25)16-12-13(3)23(6-2)14(16)4/h7-12,17H,5-6H2,1-4H3,(H2,21,22,24,26)/t17-/m1/s1. The summed E-state index contributed by atoms with van der Waals surface area (Å²) < 4.78 is 7.50. The van der Waals surface area contributed by atoms with Crippen LogP contribution in [0.4, 0.5) is 4.79 Å². The molecule has 0 radical (unpaired) electrons. The third-order valence-electron chi connectivity index (χ3n) is 4.25. The summed E-state index contributed by atoms with van der Waals surface area (Å²) in [5, 5.41) is 4.69. The van der Waals surface area contributed by atoms with E-state index in [1.807, 2.05) is 25.3 Å². The summed E-state index contributed by atoms with van der Waals surface area (Å²) in [7, 11) is 0. The molecule has 0 unspecified atom stereocenters. The van der Waals surface area contributed by atoms with Crippen molar-refractivity contribution in [1.29, 1.82) is 0 Å². The van der Waals surface area contributed by atoms with Crippen LogP contribution in [0, 0.1) is 13.8 Å². The van der Waals surface area contributed by atoms with Gasteiger partial charge in [-0.25, -0.2) is 9.59 Å². The highest BCUT2D eigenvalue weighted by Crippen LogP contribution is 2.22. The van der Waals surface area contributed by atoms with Crippen molar-refractivity contribution >= 4 is 17.9 Å². The van der Waals surface area contributed by atoms with E-state index in [9.17, 15) is 14.4 Å². The number of hydrogen-bond donors (Lipinski definition) is 2. The number of rotatable bonds is 6. The molecular weight excluding hydrogens is 346 g/mol. The van der Waals surface area contributed by atoms with E-state index in [1.54, 1.807) is 43.3 Å². The molecule has 2 N–H and O–H groups in total. The summed E-state index contributed by atoms with van der Waals surface area (Å²) in [6, 6.07) is 9.71. The molecule has 0 saturated carbocycles. The topological polar surface area (TPSA) is 89.4 Å². The van der Waals surface area contributed by atoms with Gasteiger partial charge in [-0.2, -0.15) is 0 Å². The van der Waals surface area contributed by atoms with Crippen LogP contribution in [0.1, 0.15) is 47.3 Å². The van der Waals surface area contributed by atoms with Crippen molar-refractivity contribution in [1.82, 2.24) is 15.2 Å². The fourth-order valence-electron chi connectivity index (χ4n) is 2.95. The largest absolute Gasteiger partial charge is 0.444 e. The van der Waals surface area contributed by atoms with Crippen molar-refractivity contribution in [2.75, 3.05) is 6.54 Å². The number of amides is 3. The molecule has 2 rings (SSSR count). The summed E-state index contributed by atoms with van der Waals surface area (Å²) in [4.78, 5) is 37.0. The van der Waals surface area contributed by atoms with Crippen molar-refractivity contribution in [3.63, 3.8) is 0 Å². The highest BCUT2D eigenvalue weighted by molar-refractivity contribution is 5.99. The molecule has 0 bridgehead atoms. The predicted molar refractivity (Wildman–Crippen MR) is 101 cm³/mol. The monoisotopic (exact) mass is 371 g/mol. The van der Waals surface area contributed by atoms with Crippen LogP contribution in [0.3, 0.4) is 0 Å². The number of esters is 1. The second kappa shape index (κ2) is 9.02. The Bertz CT molecular complexity index is 827. The third kappa shape index (κ3) is 4.75. The Morgan fingerprint density at radius 1 is 1.11 bits per heavy atom. The van der Waals surface area contributed by atoms with Gasteiger partial charge in [-0.1, -0.05) is 30.3 Å². The summed E-state index contributed by atoms with van der Waals surface area (Å²) >= 11 is 0. The van der Waals surface area contributed by atoms with Crippen LogP contribution in [-0.2, 0) is 16.1 Å². The Labute approximate surface area is 158 Å². The summed E-state index contributed by atoms with van der Waals surface area (Å²) in [6.45, 7) is 8.57. The van der Waals surface area contributed by atoms with Crippen LogP contribution >= 0.6 is 0 Å². The predicted octanol–water partition coefficient (Wildman–Crippen LogP) is 2.87. The van der Waals surface area contributed by atoms with Crippen LogP contribution in [0.25, 0.3) is 0 Å². The smallest absolute Gasteiger partial charge is 0.341 e. The minimum atomic E-state index is -1.23. The first-order chi connectivity index (χ1) is 12.9.